The average Bonchev–Trinajstić information content (AvgIpc) is 2.96. The number of amides is 1. The minimum absolute atomic E-state index is 0.0203. The lowest BCUT2D eigenvalue weighted by atomic mass is 10.1. The number of para-hydroxylation sites is 1. The number of rotatable bonds is 5. The van der Waals surface area contributed by atoms with Crippen LogP contribution >= 0.6 is 11.6 Å². The normalized spacial score (nSPS) is 16.6. The summed E-state index contributed by atoms with van der Waals surface area (Å²) in [5.41, 5.74) is 2.63. The second-order valence-corrected chi connectivity index (χ2v) is 7.09. The van der Waals surface area contributed by atoms with Gasteiger partial charge < -0.3 is 14.4 Å². The molecule has 1 aliphatic heterocycles. The fourth-order valence-electron chi connectivity index (χ4n) is 3.43. The number of nitrogens with zero attached hydrogens (tertiary/aromatic N) is 1. The summed E-state index contributed by atoms with van der Waals surface area (Å²) in [5.74, 6) is -0.173. The number of hydrogen-bond donors (Lipinski definition) is 0. The Morgan fingerprint density at radius 2 is 2.00 bits per heavy atom. The summed E-state index contributed by atoms with van der Waals surface area (Å²) in [6.07, 6.45) is -0.105. The lowest BCUT2D eigenvalue weighted by Gasteiger charge is -2.26. The molecule has 0 saturated heterocycles. The third kappa shape index (κ3) is 4.08. The van der Waals surface area contributed by atoms with Crippen LogP contribution in [0.4, 0.5) is 5.69 Å². The standard InChI is InChI=1S/C21H22ClNO4/c1-13-10-15-6-4-5-7-18(15)23(13)21(25)14(2)27-20(24)12-16-11-17(22)8-9-19(16)26-3/h4-9,11,13-14H,10,12H2,1-3H3/t13-,14-/m1/s1. The molecule has 0 aromatic heterocycles. The van der Waals surface area contributed by atoms with E-state index in [-0.39, 0.29) is 18.4 Å². The molecule has 27 heavy (non-hydrogen) atoms. The third-order valence-electron chi connectivity index (χ3n) is 4.68. The summed E-state index contributed by atoms with van der Waals surface area (Å²) in [5, 5.41) is 0.505. The van der Waals surface area contributed by atoms with Crippen LogP contribution in [-0.2, 0) is 27.2 Å². The van der Waals surface area contributed by atoms with Crippen LogP contribution in [0, 0.1) is 0 Å². The van der Waals surface area contributed by atoms with Crippen molar-refractivity contribution in [2.24, 2.45) is 0 Å². The number of anilines is 1. The molecule has 142 valence electrons. The van der Waals surface area contributed by atoms with E-state index in [1.165, 1.54) is 7.11 Å². The Balaban J connectivity index is 1.68. The minimum atomic E-state index is -0.878. The number of halogens is 1. The zero-order valence-electron chi connectivity index (χ0n) is 15.6. The van der Waals surface area contributed by atoms with E-state index in [4.69, 9.17) is 21.1 Å². The van der Waals surface area contributed by atoms with Crippen LogP contribution in [-0.4, -0.2) is 31.1 Å². The summed E-state index contributed by atoms with van der Waals surface area (Å²) in [6, 6.07) is 12.9. The smallest absolute Gasteiger partial charge is 0.311 e. The van der Waals surface area contributed by atoms with Crippen LogP contribution in [0.25, 0.3) is 0 Å². The molecule has 0 N–H and O–H groups in total. The van der Waals surface area contributed by atoms with E-state index in [0.29, 0.717) is 16.3 Å². The van der Waals surface area contributed by atoms with Crippen molar-refractivity contribution in [2.75, 3.05) is 12.0 Å². The van der Waals surface area contributed by atoms with Gasteiger partial charge in [0.25, 0.3) is 5.91 Å². The molecule has 1 aliphatic rings. The van der Waals surface area contributed by atoms with Gasteiger partial charge in [0.2, 0.25) is 0 Å². The summed E-state index contributed by atoms with van der Waals surface area (Å²) in [4.78, 5) is 27.0. The monoisotopic (exact) mass is 387 g/mol. The Hall–Kier alpha value is -2.53. The van der Waals surface area contributed by atoms with Crippen LogP contribution in [0.1, 0.15) is 25.0 Å². The first kappa shape index (κ1) is 19.2. The predicted molar refractivity (Wildman–Crippen MR) is 104 cm³/mol. The SMILES string of the molecule is COc1ccc(Cl)cc1CC(=O)O[C@H](C)C(=O)N1c2ccccc2C[C@H]1C. The number of benzene rings is 2. The van der Waals surface area contributed by atoms with Gasteiger partial charge in [-0.1, -0.05) is 29.8 Å². The molecule has 0 spiro atoms. The number of ether oxygens (including phenoxy) is 2. The maximum atomic E-state index is 12.9. The highest BCUT2D eigenvalue weighted by molar-refractivity contribution is 6.30. The largest absolute Gasteiger partial charge is 0.496 e. The van der Waals surface area contributed by atoms with Gasteiger partial charge in [0.15, 0.2) is 6.10 Å². The number of carbonyl (C=O) groups excluding carboxylic acids is 2. The van der Waals surface area contributed by atoms with Crippen LogP contribution in [0.2, 0.25) is 5.02 Å². The fourth-order valence-corrected chi connectivity index (χ4v) is 3.62. The van der Waals surface area contributed by atoms with Gasteiger partial charge in [-0.2, -0.15) is 0 Å². The van der Waals surface area contributed by atoms with Crippen LogP contribution < -0.4 is 9.64 Å². The Labute approximate surface area is 163 Å². The van der Waals surface area contributed by atoms with Gasteiger partial charge in [0, 0.05) is 22.3 Å². The van der Waals surface area contributed by atoms with Crippen molar-refractivity contribution in [1.29, 1.82) is 0 Å². The first-order valence-electron chi connectivity index (χ1n) is 8.83. The maximum Gasteiger partial charge on any atom is 0.311 e. The molecule has 0 radical (unpaired) electrons. The molecule has 0 saturated carbocycles. The number of hydrogen-bond acceptors (Lipinski definition) is 4. The van der Waals surface area contributed by atoms with Crippen LogP contribution in [0.5, 0.6) is 5.75 Å². The van der Waals surface area contributed by atoms with Gasteiger partial charge in [0.05, 0.1) is 13.5 Å². The molecule has 0 aliphatic carbocycles. The number of esters is 1. The van der Waals surface area contributed by atoms with Crippen molar-refractivity contribution >= 4 is 29.2 Å². The molecule has 2 aromatic carbocycles. The van der Waals surface area contributed by atoms with Crippen LogP contribution in [0.3, 0.4) is 0 Å². The predicted octanol–water partition coefficient (Wildman–Crippen LogP) is 3.80. The first-order valence-corrected chi connectivity index (χ1v) is 9.21. The molecule has 3 rings (SSSR count). The van der Waals surface area contributed by atoms with Gasteiger partial charge >= 0.3 is 5.97 Å². The van der Waals surface area contributed by atoms with E-state index >= 15 is 0 Å². The average molecular weight is 388 g/mol. The molecule has 1 heterocycles. The molecule has 2 atom stereocenters. The molecule has 2 aromatic rings. The Kier molecular flexibility index (Phi) is 5.71. The van der Waals surface area contributed by atoms with E-state index in [1.807, 2.05) is 31.2 Å². The fraction of sp³-hybridized carbons (Fsp3) is 0.333. The molecular formula is C21H22ClNO4. The molecule has 6 heteroatoms. The molecule has 1 amide bonds. The van der Waals surface area contributed by atoms with E-state index < -0.39 is 12.1 Å². The van der Waals surface area contributed by atoms with Gasteiger partial charge in [0.1, 0.15) is 5.75 Å². The van der Waals surface area contributed by atoms with E-state index in [2.05, 4.69) is 0 Å². The Morgan fingerprint density at radius 1 is 1.26 bits per heavy atom. The van der Waals surface area contributed by atoms with Crippen molar-refractivity contribution in [3.05, 3.63) is 58.6 Å². The minimum Gasteiger partial charge on any atom is -0.496 e. The topological polar surface area (TPSA) is 55.8 Å². The van der Waals surface area contributed by atoms with Crippen molar-refractivity contribution < 1.29 is 19.1 Å². The zero-order valence-corrected chi connectivity index (χ0v) is 16.3. The van der Waals surface area contributed by atoms with Crippen molar-refractivity contribution in [3.8, 4) is 5.75 Å². The maximum absolute atomic E-state index is 12.9. The van der Waals surface area contributed by atoms with Gasteiger partial charge in [-0.3, -0.25) is 9.59 Å². The second-order valence-electron chi connectivity index (χ2n) is 6.66. The zero-order chi connectivity index (χ0) is 19.6. The third-order valence-corrected chi connectivity index (χ3v) is 4.91. The van der Waals surface area contributed by atoms with Crippen molar-refractivity contribution in [2.45, 2.75) is 38.8 Å². The van der Waals surface area contributed by atoms with Crippen molar-refractivity contribution in [1.82, 2.24) is 0 Å². The molecule has 0 unspecified atom stereocenters. The Morgan fingerprint density at radius 3 is 2.74 bits per heavy atom. The highest BCUT2D eigenvalue weighted by atomic mass is 35.5. The van der Waals surface area contributed by atoms with Gasteiger partial charge in [-0.25, -0.2) is 0 Å². The Bertz CT molecular complexity index is 867. The van der Waals surface area contributed by atoms with E-state index in [0.717, 1.165) is 17.7 Å². The number of carbonyl (C=O) groups is 2. The van der Waals surface area contributed by atoms with Crippen LogP contribution in [0.15, 0.2) is 42.5 Å². The number of fused-ring (bicyclic) bond motifs is 1. The summed E-state index contributed by atoms with van der Waals surface area (Å²) < 4.78 is 10.6. The molecule has 0 fully saturated rings. The van der Waals surface area contributed by atoms with E-state index in [9.17, 15) is 9.59 Å². The lowest BCUT2D eigenvalue weighted by molar-refractivity contribution is -0.153. The first-order chi connectivity index (χ1) is 12.9. The quantitative estimate of drug-likeness (QED) is 0.732. The molecule has 0 bridgehead atoms. The molecule has 5 nitrogen and oxygen atoms in total. The summed E-state index contributed by atoms with van der Waals surface area (Å²) >= 11 is 5.99. The van der Waals surface area contributed by atoms with Gasteiger partial charge in [-0.05, 0) is 50.1 Å². The van der Waals surface area contributed by atoms with E-state index in [1.54, 1.807) is 30.0 Å². The highest BCUT2D eigenvalue weighted by Gasteiger charge is 2.34. The highest BCUT2D eigenvalue weighted by Crippen LogP contribution is 2.32. The summed E-state index contributed by atoms with van der Waals surface area (Å²) in [6.45, 7) is 3.59. The van der Waals surface area contributed by atoms with Gasteiger partial charge in [-0.15, -0.1) is 0 Å². The summed E-state index contributed by atoms with van der Waals surface area (Å²) in [7, 11) is 1.52. The lowest BCUT2D eigenvalue weighted by Crippen LogP contribution is -2.43. The number of methoxy groups -OCH3 is 1. The molecular weight excluding hydrogens is 366 g/mol. The second kappa shape index (κ2) is 8.01. The van der Waals surface area contributed by atoms with Crippen molar-refractivity contribution in [3.63, 3.8) is 0 Å².